The van der Waals surface area contributed by atoms with Crippen LogP contribution in [0.1, 0.15) is 28.9 Å². The summed E-state index contributed by atoms with van der Waals surface area (Å²) >= 11 is 0. The van der Waals surface area contributed by atoms with Crippen LogP contribution < -0.4 is 14.8 Å². The van der Waals surface area contributed by atoms with Gasteiger partial charge in [0, 0.05) is 17.0 Å². The number of nitrogens with zero attached hydrogens (tertiary/aromatic N) is 1. The van der Waals surface area contributed by atoms with Crippen molar-refractivity contribution in [2.24, 2.45) is 0 Å². The lowest BCUT2D eigenvalue weighted by Crippen LogP contribution is -2.27. The zero-order chi connectivity index (χ0) is 21.8. The fourth-order valence-corrected chi connectivity index (χ4v) is 3.61. The molecule has 0 radical (unpaired) electrons. The van der Waals surface area contributed by atoms with E-state index in [9.17, 15) is 4.79 Å². The van der Waals surface area contributed by atoms with Gasteiger partial charge in [-0.15, -0.1) is 0 Å². The van der Waals surface area contributed by atoms with Crippen LogP contribution >= 0.6 is 0 Å². The molecule has 5 nitrogen and oxygen atoms in total. The van der Waals surface area contributed by atoms with Gasteiger partial charge < -0.3 is 14.8 Å². The number of methoxy groups -OCH3 is 2. The molecule has 156 valence electrons. The topological polar surface area (TPSA) is 60.5 Å². The summed E-state index contributed by atoms with van der Waals surface area (Å²) in [5.74, 6) is 1.17. The Balaban J connectivity index is 1.78. The number of benzene rings is 3. The highest BCUT2D eigenvalue weighted by Crippen LogP contribution is 2.34. The third kappa shape index (κ3) is 4.21. The van der Waals surface area contributed by atoms with E-state index >= 15 is 0 Å². The molecule has 5 heteroatoms. The molecule has 0 saturated heterocycles. The molecule has 0 spiro atoms. The maximum atomic E-state index is 13.3. The zero-order valence-corrected chi connectivity index (χ0v) is 17.8. The third-order valence-corrected chi connectivity index (χ3v) is 5.29. The quantitative estimate of drug-likeness (QED) is 0.460. The molecule has 0 aliphatic heterocycles. The van der Waals surface area contributed by atoms with Gasteiger partial charge in [-0.1, -0.05) is 48.5 Å². The van der Waals surface area contributed by atoms with Crippen molar-refractivity contribution in [1.82, 2.24) is 10.3 Å². The number of hydrogen-bond acceptors (Lipinski definition) is 4. The highest BCUT2D eigenvalue weighted by molar-refractivity contribution is 6.07. The predicted octanol–water partition coefficient (Wildman–Crippen LogP) is 5.41. The van der Waals surface area contributed by atoms with Gasteiger partial charge in [-0.25, -0.2) is 4.98 Å². The fourth-order valence-electron chi connectivity index (χ4n) is 3.61. The summed E-state index contributed by atoms with van der Waals surface area (Å²) < 4.78 is 10.9. The van der Waals surface area contributed by atoms with Gasteiger partial charge in [-0.05, 0) is 36.8 Å². The van der Waals surface area contributed by atoms with Crippen molar-refractivity contribution in [3.63, 3.8) is 0 Å². The van der Waals surface area contributed by atoms with E-state index in [0.717, 1.165) is 22.0 Å². The number of aromatic nitrogens is 1. The van der Waals surface area contributed by atoms with E-state index in [4.69, 9.17) is 14.5 Å². The molecular formula is C26H24N2O3. The lowest BCUT2D eigenvalue weighted by molar-refractivity contribution is 0.0941. The minimum atomic E-state index is -0.149. The second kappa shape index (κ2) is 8.88. The van der Waals surface area contributed by atoms with Crippen LogP contribution in [0.4, 0.5) is 0 Å². The summed E-state index contributed by atoms with van der Waals surface area (Å²) in [7, 11) is 3.22. The van der Waals surface area contributed by atoms with Crippen LogP contribution in [0.2, 0.25) is 0 Å². The lowest BCUT2D eigenvalue weighted by atomic mass is 10.0. The van der Waals surface area contributed by atoms with Gasteiger partial charge in [0.1, 0.15) is 11.5 Å². The van der Waals surface area contributed by atoms with Gasteiger partial charge in [-0.2, -0.15) is 0 Å². The molecule has 1 heterocycles. The Bertz CT molecular complexity index is 1220. The molecule has 0 aliphatic rings. The minimum absolute atomic E-state index is 0.125. The Kier molecular flexibility index (Phi) is 5.85. The number of rotatable bonds is 6. The van der Waals surface area contributed by atoms with Crippen molar-refractivity contribution >= 4 is 16.8 Å². The predicted molar refractivity (Wildman–Crippen MR) is 123 cm³/mol. The number of pyridine rings is 1. The fraction of sp³-hybridized carbons (Fsp3) is 0.154. The first-order chi connectivity index (χ1) is 15.1. The van der Waals surface area contributed by atoms with Crippen molar-refractivity contribution in [2.75, 3.05) is 14.2 Å². The van der Waals surface area contributed by atoms with Crippen molar-refractivity contribution < 1.29 is 14.3 Å². The molecule has 1 atom stereocenters. The van der Waals surface area contributed by atoms with Crippen molar-refractivity contribution in [3.8, 4) is 22.8 Å². The van der Waals surface area contributed by atoms with E-state index in [1.807, 2.05) is 85.8 Å². The second-order valence-corrected chi connectivity index (χ2v) is 7.24. The molecule has 0 fully saturated rings. The minimum Gasteiger partial charge on any atom is -0.497 e. The second-order valence-electron chi connectivity index (χ2n) is 7.24. The Morgan fingerprint density at radius 2 is 1.65 bits per heavy atom. The Morgan fingerprint density at radius 1 is 0.903 bits per heavy atom. The Morgan fingerprint density at radius 3 is 2.39 bits per heavy atom. The molecule has 1 amide bonds. The molecule has 3 aromatic carbocycles. The van der Waals surface area contributed by atoms with E-state index in [1.165, 1.54) is 0 Å². The maximum Gasteiger partial charge on any atom is 0.252 e. The SMILES string of the molecule is COc1ccc(-c2cc(C(=O)N[C@H](C)c3ccccc3)c3ccccc3n2)c(OC)c1. The Hall–Kier alpha value is -3.86. The summed E-state index contributed by atoms with van der Waals surface area (Å²) in [6, 6.07) is 24.8. The highest BCUT2D eigenvalue weighted by atomic mass is 16.5. The summed E-state index contributed by atoms with van der Waals surface area (Å²) in [6.07, 6.45) is 0. The molecule has 0 saturated carbocycles. The molecule has 1 N–H and O–H groups in total. The van der Waals surface area contributed by atoms with Crippen LogP contribution in [-0.2, 0) is 0 Å². The van der Waals surface area contributed by atoms with E-state index in [0.29, 0.717) is 22.8 Å². The number of para-hydroxylation sites is 1. The smallest absolute Gasteiger partial charge is 0.252 e. The molecule has 1 aromatic heterocycles. The molecule has 0 unspecified atom stereocenters. The summed E-state index contributed by atoms with van der Waals surface area (Å²) in [5, 5.41) is 3.91. The number of nitrogens with one attached hydrogen (secondary N) is 1. The van der Waals surface area contributed by atoms with Crippen molar-refractivity contribution in [1.29, 1.82) is 0 Å². The van der Waals surface area contributed by atoms with E-state index in [-0.39, 0.29) is 11.9 Å². The van der Waals surface area contributed by atoms with E-state index < -0.39 is 0 Å². The summed E-state index contributed by atoms with van der Waals surface area (Å²) in [5.41, 5.74) is 3.82. The summed E-state index contributed by atoms with van der Waals surface area (Å²) in [6.45, 7) is 1.98. The third-order valence-electron chi connectivity index (χ3n) is 5.29. The van der Waals surface area contributed by atoms with Gasteiger partial charge in [0.05, 0.1) is 37.0 Å². The van der Waals surface area contributed by atoms with Gasteiger partial charge in [0.25, 0.3) is 5.91 Å². The zero-order valence-electron chi connectivity index (χ0n) is 17.8. The van der Waals surface area contributed by atoms with Gasteiger partial charge >= 0.3 is 0 Å². The van der Waals surface area contributed by atoms with Gasteiger partial charge in [0.2, 0.25) is 0 Å². The molecule has 0 bridgehead atoms. The number of hydrogen-bond donors (Lipinski definition) is 1. The number of carbonyl (C=O) groups excluding carboxylic acids is 1. The number of ether oxygens (including phenoxy) is 2. The maximum absolute atomic E-state index is 13.3. The Labute approximate surface area is 181 Å². The first-order valence-corrected chi connectivity index (χ1v) is 10.1. The molecule has 31 heavy (non-hydrogen) atoms. The first-order valence-electron chi connectivity index (χ1n) is 10.1. The molecule has 4 rings (SSSR count). The van der Waals surface area contributed by atoms with Crippen LogP contribution in [0.3, 0.4) is 0 Å². The van der Waals surface area contributed by atoms with Gasteiger partial charge in [0.15, 0.2) is 0 Å². The van der Waals surface area contributed by atoms with E-state index in [2.05, 4.69) is 5.32 Å². The number of carbonyl (C=O) groups is 1. The van der Waals surface area contributed by atoms with Crippen LogP contribution in [-0.4, -0.2) is 25.1 Å². The van der Waals surface area contributed by atoms with Crippen LogP contribution in [0.15, 0.2) is 78.9 Å². The molecular weight excluding hydrogens is 388 g/mol. The number of amides is 1. The van der Waals surface area contributed by atoms with Crippen molar-refractivity contribution in [2.45, 2.75) is 13.0 Å². The normalized spacial score (nSPS) is 11.7. The summed E-state index contributed by atoms with van der Waals surface area (Å²) in [4.78, 5) is 18.1. The number of fused-ring (bicyclic) bond motifs is 1. The standard InChI is InChI=1S/C26H24N2O3/c1-17(18-9-5-4-6-10-18)27-26(29)22-16-24(28-23-12-8-7-11-20(22)23)21-14-13-19(30-2)15-25(21)31-3/h4-17H,1-3H3,(H,27,29)/t17-/m1/s1. The lowest BCUT2D eigenvalue weighted by Gasteiger charge is -2.16. The average Bonchev–Trinajstić information content (AvgIpc) is 2.83. The largest absolute Gasteiger partial charge is 0.497 e. The first kappa shape index (κ1) is 20.4. The average molecular weight is 412 g/mol. The van der Waals surface area contributed by atoms with Gasteiger partial charge in [-0.3, -0.25) is 4.79 Å². The molecule has 0 aliphatic carbocycles. The van der Waals surface area contributed by atoms with Crippen LogP contribution in [0.25, 0.3) is 22.2 Å². The monoisotopic (exact) mass is 412 g/mol. The van der Waals surface area contributed by atoms with Crippen LogP contribution in [0.5, 0.6) is 11.5 Å². The van der Waals surface area contributed by atoms with Crippen LogP contribution in [0, 0.1) is 0 Å². The van der Waals surface area contributed by atoms with Crippen molar-refractivity contribution in [3.05, 3.63) is 90.0 Å². The highest BCUT2D eigenvalue weighted by Gasteiger charge is 2.18. The molecule has 4 aromatic rings. The van der Waals surface area contributed by atoms with E-state index in [1.54, 1.807) is 14.2 Å².